The van der Waals surface area contributed by atoms with Crippen LogP contribution in [0.2, 0.25) is 0 Å². The van der Waals surface area contributed by atoms with E-state index < -0.39 is 12.0 Å². The fourth-order valence-electron chi connectivity index (χ4n) is 1.48. The molecule has 2 rings (SSSR count). The van der Waals surface area contributed by atoms with Crippen molar-refractivity contribution >= 4 is 17.7 Å². The Morgan fingerprint density at radius 3 is 2.72 bits per heavy atom. The summed E-state index contributed by atoms with van der Waals surface area (Å²) in [6.07, 6.45) is 0. The molecule has 2 aromatic rings. The number of carboxylic acid groups (broad SMARTS) is 1. The Morgan fingerprint density at radius 1 is 1.33 bits per heavy atom. The van der Waals surface area contributed by atoms with Gasteiger partial charge < -0.3 is 16.2 Å². The van der Waals surface area contributed by atoms with Crippen molar-refractivity contribution in [3.8, 4) is 11.3 Å². The number of carbonyl (C=O) groups is 2. The van der Waals surface area contributed by atoms with E-state index in [1.165, 1.54) is 6.07 Å². The molecular weight excluding hydrogens is 236 g/mol. The van der Waals surface area contributed by atoms with Crippen molar-refractivity contribution in [3.05, 3.63) is 36.0 Å². The second kappa shape index (κ2) is 4.58. The molecule has 0 aliphatic rings. The van der Waals surface area contributed by atoms with Crippen molar-refractivity contribution in [2.75, 3.05) is 5.32 Å². The number of urea groups is 1. The molecule has 1 heterocycles. The number of aromatic amines is 1. The third-order valence-electron chi connectivity index (χ3n) is 2.23. The van der Waals surface area contributed by atoms with E-state index in [1.807, 2.05) is 0 Å². The number of primary amides is 1. The van der Waals surface area contributed by atoms with Gasteiger partial charge in [-0.15, -0.1) is 0 Å². The Hall–Kier alpha value is -2.83. The fourth-order valence-corrected chi connectivity index (χ4v) is 1.48. The van der Waals surface area contributed by atoms with Gasteiger partial charge in [0, 0.05) is 11.3 Å². The zero-order chi connectivity index (χ0) is 13.1. The smallest absolute Gasteiger partial charge is 0.353 e. The largest absolute Gasteiger partial charge is 0.477 e. The van der Waals surface area contributed by atoms with E-state index in [1.54, 1.807) is 24.3 Å². The van der Waals surface area contributed by atoms with Crippen LogP contribution in [0.4, 0.5) is 10.5 Å². The summed E-state index contributed by atoms with van der Waals surface area (Å²) < 4.78 is 0. The van der Waals surface area contributed by atoms with Crippen LogP contribution in [0.5, 0.6) is 0 Å². The fraction of sp³-hybridized carbons (Fsp3) is 0. The van der Waals surface area contributed by atoms with Crippen LogP contribution < -0.4 is 11.1 Å². The molecule has 0 bridgehead atoms. The number of aromatic nitrogens is 2. The summed E-state index contributed by atoms with van der Waals surface area (Å²) in [4.78, 5) is 21.4. The van der Waals surface area contributed by atoms with Gasteiger partial charge in [-0.25, -0.2) is 9.59 Å². The van der Waals surface area contributed by atoms with Crippen LogP contribution in [0.15, 0.2) is 30.3 Å². The number of carbonyl (C=O) groups excluding carboxylic acids is 1. The Balaban J connectivity index is 2.32. The van der Waals surface area contributed by atoms with Crippen LogP contribution in [-0.4, -0.2) is 27.3 Å². The lowest BCUT2D eigenvalue weighted by molar-refractivity contribution is 0.0690. The summed E-state index contributed by atoms with van der Waals surface area (Å²) in [6, 6.07) is 7.50. The first-order valence-electron chi connectivity index (χ1n) is 5.02. The topological polar surface area (TPSA) is 121 Å². The van der Waals surface area contributed by atoms with Crippen LogP contribution in [0.1, 0.15) is 10.5 Å². The van der Waals surface area contributed by atoms with Crippen molar-refractivity contribution in [1.82, 2.24) is 10.2 Å². The number of H-pyrrole nitrogens is 1. The van der Waals surface area contributed by atoms with Crippen LogP contribution >= 0.6 is 0 Å². The second-order valence-electron chi connectivity index (χ2n) is 3.54. The lowest BCUT2D eigenvalue weighted by Gasteiger charge is -2.03. The van der Waals surface area contributed by atoms with E-state index in [0.717, 1.165) is 0 Å². The third-order valence-corrected chi connectivity index (χ3v) is 2.23. The van der Waals surface area contributed by atoms with E-state index >= 15 is 0 Å². The zero-order valence-corrected chi connectivity index (χ0v) is 9.18. The van der Waals surface area contributed by atoms with Gasteiger partial charge in [0.2, 0.25) is 0 Å². The molecule has 5 N–H and O–H groups in total. The Bertz CT molecular complexity index is 606. The quantitative estimate of drug-likeness (QED) is 0.651. The van der Waals surface area contributed by atoms with Crippen molar-refractivity contribution in [2.24, 2.45) is 5.73 Å². The minimum absolute atomic E-state index is 0.00161. The summed E-state index contributed by atoms with van der Waals surface area (Å²) >= 11 is 0. The number of amides is 2. The summed E-state index contributed by atoms with van der Waals surface area (Å²) in [5, 5.41) is 17.5. The van der Waals surface area contributed by atoms with E-state index in [9.17, 15) is 9.59 Å². The number of anilines is 1. The first kappa shape index (κ1) is 11.6. The maximum absolute atomic E-state index is 10.7. The molecule has 0 atom stereocenters. The molecule has 0 saturated carbocycles. The highest BCUT2D eigenvalue weighted by atomic mass is 16.4. The first-order chi connectivity index (χ1) is 8.56. The van der Waals surface area contributed by atoms with E-state index in [-0.39, 0.29) is 5.69 Å². The summed E-state index contributed by atoms with van der Waals surface area (Å²) in [7, 11) is 0. The molecular formula is C11H10N4O3. The van der Waals surface area contributed by atoms with Crippen LogP contribution in [0.25, 0.3) is 11.3 Å². The number of nitrogens with zero attached hydrogens (tertiary/aromatic N) is 1. The van der Waals surface area contributed by atoms with Crippen LogP contribution in [0.3, 0.4) is 0 Å². The predicted octanol–water partition coefficient (Wildman–Crippen LogP) is 1.27. The molecule has 0 unspecified atom stereocenters. The number of benzene rings is 1. The molecule has 0 aliphatic carbocycles. The van der Waals surface area contributed by atoms with E-state index in [4.69, 9.17) is 10.8 Å². The highest BCUT2D eigenvalue weighted by Gasteiger charge is 2.09. The van der Waals surface area contributed by atoms with Crippen molar-refractivity contribution < 1.29 is 14.7 Å². The standard InChI is InChI=1S/C11H10N4O3/c12-11(18)13-7-3-1-2-6(4-7)8-5-9(10(16)17)15-14-8/h1-5H,(H,14,15)(H,16,17)(H3,12,13,18). The number of carboxylic acids is 1. The van der Waals surface area contributed by atoms with E-state index in [0.29, 0.717) is 16.9 Å². The molecule has 0 saturated heterocycles. The second-order valence-corrected chi connectivity index (χ2v) is 3.54. The van der Waals surface area contributed by atoms with Crippen molar-refractivity contribution in [2.45, 2.75) is 0 Å². The van der Waals surface area contributed by atoms with Crippen LogP contribution in [0, 0.1) is 0 Å². The molecule has 2 amide bonds. The summed E-state index contributed by atoms with van der Waals surface area (Å²) in [5.74, 6) is -1.08. The predicted molar refractivity (Wildman–Crippen MR) is 64.2 cm³/mol. The molecule has 0 aliphatic heterocycles. The van der Waals surface area contributed by atoms with Gasteiger partial charge in [0.05, 0.1) is 5.69 Å². The number of aromatic carboxylic acids is 1. The Labute approximate surface area is 102 Å². The Kier molecular flexibility index (Phi) is 2.96. The number of hydrogen-bond acceptors (Lipinski definition) is 3. The van der Waals surface area contributed by atoms with Crippen molar-refractivity contribution in [1.29, 1.82) is 0 Å². The average molecular weight is 246 g/mol. The van der Waals surface area contributed by atoms with Gasteiger partial charge in [-0.3, -0.25) is 5.10 Å². The highest BCUT2D eigenvalue weighted by Crippen LogP contribution is 2.21. The van der Waals surface area contributed by atoms with E-state index in [2.05, 4.69) is 15.5 Å². The highest BCUT2D eigenvalue weighted by molar-refractivity contribution is 5.89. The number of nitrogens with two attached hydrogens (primary N) is 1. The van der Waals surface area contributed by atoms with Gasteiger partial charge in [0.1, 0.15) is 5.69 Å². The van der Waals surface area contributed by atoms with Crippen LogP contribution in [-0.2, 0) is 0 Å². The normalized spacial score (nSPS) is 10.0. The van der Waals surface area contributed by atoms with Gasteiger partial charge in [-0.2, -0.15) is 5.10 Å². The van der Waals surface area contributed by atoms with Gasteiger partial charge in [-0.05, 0) is 18.2 Å². The zero-order valence-electron chi connectivity index (χ0n) is 9.18. The Morgan fingerprint density at radius 2 is 2.11 bits per heavy atom. The molecule has 0 fully saturated rings. The first-order valence-corrected chi connectivity index (χ1v) is 5.02. The minimum Gasteiger partial charge on any atom is -0.477 e. The van der Waals surface area contributed by atoms with Gasteiger partial charge in [0.15, 0.2) is 0 Å². The molecule has 1 aromatic carbocycles. The summed E-state index contributed by atoms with van der Waals surface area (Å²) in [6.45, 7) is 0. The SMILES string of the molecule is NC(=O)Nc1cccc(-c2cc(C(=O)O)[nH]n2)c1. The number of hydrogen-bond donors (Lipinski definition) is 4. The van der Waals surface area contributed by atoms with Gasteiger partial charge in [-0.1, -0.05) is 12.1 Å². The molecule has 0 spiro atoms. The lowest BCUT2D eigenvalue weighted by Crippen LogP contribution is -2.19. The third kappa shape index (κ3) is 2.46. The molecule has 1 aromatic heterocycles. The molecule has 18 heavy (non-hydrogen) atoms. The summed E-state index contributed by atoms with van der Waals surface area (Å²) in [5.41, 5.74) is 6.66. The van der Waals surface area contributed by atoms with Gasteiger partial charge in [0.25, 0.3) is 0 Å². The molecule has 7 nitrogen and oxygen atoms in total. The molecule has 92 valence electrons. The molecule has 0 radical (unpaired) electrons. The maximum Gasteiger partial charge on any atom is 0.353 e. The minimum atomic E-state index is -1.08. The number of nitrogens with one attached hydrogen (secondary N) is 2. The monoisotopic (exact) mass is 246 g/mol. The van der Waals surface area contributed by atoms with Crippen molar-refractivity contribution in [3.63, 3.8) is 0 Å². The molecule has 7 heteroatoms. The number of rotatable bonds is 3. The van der Waals surface area contributed by atoms with Gasteiger partial charge >= 0.3 is 12.0 Å². The average Bonchev–Trinajstić information content (AvgIpc) is 2.77. The lowest BCUT2D eigenvalue weighted by atomic mass is 10.1. The maximum atomic E-state index is 10.7.